The standard InChI is InChI=1S/C28H25Cl2N5O3/c1-4-38-22-13-10-17(14-23(22)37-3)25-24(27(36)32-19-8-6-5-7-9-19)16(2)31-28-33-26(34-35(25)28)20-12-11-18(29)15-21(20)30/h5-15,25H,4H2,1-3H3,(H,32,36)(H,31,33,34). The number of fused-ring (bicyclic) bond motifs is 1. The molecule has 0 radical (unpaired) electrons. The Hall–Kier alpha value is -4.01. The van der Waals surface area contributed by atoms with Crippen molar-refractivity contribution < 1.29 is 14.3 Å². The molecule has 3 aromatic carbocycles. The molecule has 1 amide bonds. The number of carbonyl (C=O) groups is 1. The van der Waals surface area contributed by atoms with Crippen molar-refractivity contribution in [2.24, 2.45) is 0 Å². The molecule has 1 aliphatic heterocycles. The number of aromatic nitrogens is 3. The molecule has 1 aliphatic rings. The third-order valence-electron chi connectivity index (χ3n) is 6.10. The number of para-hydroxylation sites is 1. The normalized spacial score (nSPS) is 14.5. The SMILES string of the molecule is CCOc1ccc(C2C(C(=O)Nc3ccccc3)=C(C)Nc3nc(-c4ccc(Cl)cc4Cl)nn32)cc1OC. The van der Waals surface area contributed by atoms with E-state index in [9.17, 15) is 4.79 Å². The van der Waals surface area contributed by atoms with Gasteiger partial charge in [0, 0.05) is 22.0 Å². The van der Waals surface area contributed by atoms with Crippen LogP contribution in [0.3, 0.4) is 0 Å². The van der Waals surface area contributed by atoms with Crippen LogP contribution in [0.1, 0.15) is 25.5 Å². The van der Waals surface area contributed by atoms with Gasteiger partial charge in [-0.3, -0.25) is 4.79 Å². The van der Waals surface area contributed by atoms with Crippen LogP contribution in [0.5, 0.6) is 11.5 Å². The third-order valence-corrected chi connectivity index (χ3v) is 6.65. The fourth-order valence-electron chi connectivity index (χ4n) is 4.39. The highest BCUT2D eigenvalue weighted by Crippen LogP contribution is 2.40. The molecule has 194 valence electrons. The lowest BCUT2D eigenvalue weighted by Crippen LogP contribution is -2.31. The highest BCUT2D eigenvalue weighted by molar-refractivity contribution is 6.36. The quantitative estimate of drug-likeness (QED) is 0.270. The third kappa shape index (κ3) is 4.92. The summed E-state index contributed by atoms with van der Waals surface area (Å²) in [6, 6.07) is 19.4. The molecule has 38 heavy (non-hydrogen) atoms. The highest BCUT2D eigenvalue weighted by Gasteiger charge is 2.35. The van der Waals surface area contributed by atoms with E-state index < -0.39 is 6.04 Å². The van der Waals surface area contributed by atoms with Crippen molar-refractivity contribution in [1.82, 2.24) is 14.8 Å². The van der Waals surface area contributed by atoms with Crippen LogP contribution in [-0.4, -0.2) is 34.4 Å². The molecular weight excluding hydrogens is 525 g/mol. The van der Waals surface area contributed by atoms with E-state index in [1.54, 1.807) is 30.0 Å². The van der Waals surface area contributed by atoms with Gasteiger partial charge in [-0.15, -0.1) is 5.10 Å². The van der Waals surface area contributed by atoms with Gasteiger partial charge in [0.1, 0.15) is 6.04 Å². The summed E-state index contributed by atoms with van der Waals surface area (Å²) >= 11 is 12.6. The zero-order valence-electron chi connectivity index (χ0n) is 21.0. The lowest BCUT2D eigenvalue weighted by atomic mass is 9.94. The van der Waals surface area contributed by atoms with E-state index in [0.29, 0.717) is 62.4 Å². The smallest absolute Gasteiger partial charge is 0.255 e. The van der Waals surface area contributed by atoms with Gasteiger partial charge in [0.2, 0.25) is 5.95 Å². The Labute approximate surface area is 230 Å². The van der Waals surface area contributed by atoms with Crippen molar-refractivity contribution in [3.63, 3.8) is 0 Å². The number of methoxy groups -OCH3 is 1. The van der Waals surface area contributed by atoms with Crippen molar-refractivity contribution in [1.29, 1.82) is 0 Å². The molecule has 0 fully saturated rings. The summed E-state index contributed by atoms with van der Waals surface area (Å²) in [5.41, 5.74) is 3.19. The Kier molecular flexibility index (Phi) is 7.26. The predicted octanol–water partition coefficient (Wildman–Crippen LogP) is 6.59. The maximum absolute atomic E-state index is 13.7. The molecule has 2 N–H and O–H groups in total. The Balaban J connectivity index is 1.64. The van der Waals surface area contributed by atoms with Crippen LogP contribution in [0, 0.1) is 0 Å². The first-order valence-corrected chi connectivity index (χ1v) is 12.7. The molecule has 5 rings (SSSR count). The number of anilines is 2. The summed E-state index contributed by atoms with van der Waals surface area (Å²) < 4.78 is 13.0. The van der Waals surface area contributed by atoms with Crippen molar-refractivity contribution in [2.45, 2.75) is 19.9 Å². The van der Waals surface area contributed by atoms with Gasteiger partial charge < -0.3 is 20.1 Å². The molecule has 10 heteroatoms. The van der Waals surface area contributed by atoms with Crippen LogP contribution in [0.25, 0.3) is 11.4 Å². The number of allylic oxidation sites excluding steroid dienone is 1. The lowest BCUT2D eigenvalue weighted by Gasteiger charge is -2.29. The maximum atomic E-state index is 13.7. The van der Waals surface area contributed by atoms with Gasteiger partial charge in [-0.05, 0) is 61.9 Å². The number of rotatable bonds is 7. The molecular formula is C28H25Cl2N5O3. The second kappa shape index (κ2) is 10.8. The minimum atomic E-state index is -0.619. The number of carbonyl (C=O) groups excluding carboxylic acids is 1. The van der Waals surface area contributed by atoms with Crippen molar-refractivity contribution >= 4 is 40.7 Å². The average Bonchev–Trinajstić information content (AvgIpc) is 3.32. The highest BCUT2D eigenvalue weighted by atomic mass is 35.5. The van der Waals surface area contributed by atoms with Crippen molar-refractivity contribution in [3.8, 4) is 22.9 Å². The second-order valence-corrected chi connectivity index (χ2v) is 9.40. The molecule has 4 aromatic rings. The topological polar surface area (TPSA) is 90.3 Å². The molecule has 2 heterocycles. The van der Waals surface area contributed by atoms with Crippen LogP contribution in [0.15, 0.2) is 78.0 Å². The zero-order valence-corrected chi connectivity index (χ0v) is 22.5. The number of halogens is 2. The summed E-state index contributed by atoms with van der Waals surface area (Å²) in [4.78, 5) is 18.4. The van der Waals surface area contributed by atoms with E-state index in [0.717, 1.165) is 5.56 Å². The summed E-state index contributed by atoms with van der Waals surface area (Å²) in [6.07, 6.45) is 0. The Morgan fingerprint density at radius 2 is 1.87 bits per heavy atom. The zero-order chi connectivity index (χ0) is 26.8. The number of nitrogens with zero attached hydrogens (tertiary/aromatic N) is 3. The monoisotopic (exact) mass is 549 g/mol. The summed E-state index contributed by atoms with van der Waals surface area (Å²) in [7, 11) is 1.58. The molecule has 0 saturated carbocycles. The van der Waals surface area contributed by atoms with Gasteiger partial charge in [0.05, 0.1) is 24.3 Å². The number of amides is 1. The molecule has 0 saturated heterocycles. The van der Waals surface area contributed by atoms with Crippen LogP contribution in [0.2, 0.25) is 10.0 Å². The van der Waals surface area contributed by atoms with Crippen molar-refractivity contribution in [3.05, 3.63) is 93.6 Å². The number of hydrogen-bond donors (Lipinski definition) is 2. The van der Waals surface area contributed by atoms with Gasteiger partial charge in [-0.1, -0.05) is 47.5 Å². The van der Waals surface area contributed by atoms with Gasteiger partial charge in [0.15, 0.2) is 17.3 Å². The largest absolute Gasteiger partial charge is 0.493 e. The summed E-state index contributed by atoms with van der Waals surface area (Å²) in [5.74, 6) is 1.75. The first-order valence-electron chi connectivity index (χ1n) is 12.0. The maximum Gasteiger partial charge on any atom is 0.255 e. The Morgan fingerprint density at radius 1 is 1.08 bits per heavy atom. The van der Waals surface area contributed by atoms with Crippen molar-refractivity contribution in [2.75, 3.05) is 24.4 Å². The first-order chi connectivity index (χ1) is 18.4. The van der Waals surface area contributed by atoms with Crippen LogP contribution < -0.4 is 20.1 Å². The minimum Gasteiger partial charge on any atom is -0.493 e. The Bertz CT molecular complexity index is 1530. The van der Waals surface area contributed by atoms with E-state index in [2.05, 4.69) is 10.6 Å². The van der Waals surface area contributed by atoms with Gasteiger partial charge >= 0.3 is 0 Å². The van der Waals surface area contributed by atoms with E-state index in [-0.39, 0.29) is 5.91 Å². The van der Waals surface area contributed by atoms with Gasteiger partial charge in [-0.25, -0.2) is 4.68 Å². The van der Waals surface area contributed by atoms with E-state index in [1.807, 2.05) is 62.4 Å². The van der Waals surface area contributed by atoms with Crippen LogP contribution in [0.4, 0.5) is 11.6 Å². The molecule has 1 aromatic heterocycles. The molecule has 0 bridgehead atoms. The average molecular weight is 550 g/mol. The van der Waals surface area contributed by atoms with Crippen LogP contribution in [-0.2, 0) is 4.79 Å². The van der Waals surface area contributed by atoms with Gasteiger partial charge in [0.25, 0.3) is 5.91 Å². The first kappa shape index (κ1) is 25.6. The molecule has 1 atom stereocenters. The molecule has 1 unspecified atom stereocenters. The summed E-state index contributed by atoms with van der Waals surface area (Å²) in [6.45, 7) is 4.24. The fraction of sp³-hybridized carbons (Fsp3) is 0.179. The number of hydrogen-bond acceptors (Lipinski definition) is 6. The molecule has 0 aliphatic carbocycles. The number of nitrogens with one attached hydrogen (secondary N) is 2. The lowest BCUT2D eigenvalue weighted by molar-refractivity contribution is -0.113. The summed E-state index contributed by atoms with van der Waals surface area (Å²) in [5, 5.41) is 12.0. The molecule has 8 nitrogen and oxygen atoms in total. The van der Waals surface area contributed by atoms with E-state index in [4.69, 9.17) is 42.8 Å². The molecule has 0 spiro atoms. The number of benzene rings is 3. The van der Waals surface area contributed by atoms with Crippen LogP contribution >= 0.6 is 23.2 Å². The van der Waals surface area contributed by atoms with E-state index >= 15 is 0 Å². The Morgan fingerprint density at radius 3 is 2.58 bits per heavy atom. The predicted molar refractivity (Wildman–Crippen MR) is 149 cm³/mol. The van der Waals surface area contributed by atoms with E-state index in [1.165, 1.54) is 0 Å². The van der Waals surface area contributed by atoms with Gasteiger partial charge in [-0.2, -0.15) is 4.98 Å². The fourth-order valence-corrected chi connectivity index (χ4v) is 4.88. The number of ether oxygens (including phenoxy) is 2. The second-order valence-electron chi connectivity index (χ2n) is 8.56. The minimum absolute atomic E-state index is 0.272.